The van der Waals surface area contributed by atoms with Crippen molar-refractivity contribution in [2.75, 3.05) is 58.0 Å². The summed E-state index contributed by atoms with van der Waals surface area (Å²) >= 11 is 0. The lowest BCUT2D eigenvalue weighted by atomic mass is 9.90. The molecule has 19 heteroatoms. The molecule has 4 aromatic rings. The lowest BCUT2D eigenvalue weighted by Crippen LogP contribution is -2.60. The summed E-state index contributed by atoms with van der Waals surface area (Å²) in [5, 5.41) is 18.8. The van der Waals surface area contributed by atoms with Gasteiger partial charge in [0.25, 0.3) is 5.91 Å². The van der Waals surface area contributed by atoms with Gasteiger partial charge in [0, 0.05) is 30.8 Å². The maximum atomic E-state index is 13.4. The van der Waals surface area contributed by atoms with Gasteiger partial charge in [0.1, 0.15) is 28.7 Å². The number of carbonyl (C=O) groups excluding carboxylic acids is 5. The van der Waals surface area contributed by atoms with Gasteiger partial charge in [0.05, 0.1) is 52.4 Å². The van der Waals surface area contributed by atoms with Gasteiger partial charge < -0.3 is 55.4 Å². The van der Waals surface area contributed by atoms with Crippen molar-refractivity contribution in [2.24, 2.45) is 5.73 Å². The first-order valence-corrected chi connectivity index (χ1v) is 21.3. The molecule has 2 atom stereocenters. The van der Waals surface area contributed by atoms with Crippen LogP contribution in [0.3, 0.4) is 0 Å². The topological polar surface area (TPSA) is 246 Å². The highest BCUT2D eigenvalue weighted by atomic mass is 16.6. The van der Waals surface area contributed by atoms with E-state index < -0.39 is 52.8 Å². The smallest absolute Gasteiger partial charge is 0.412 e. The van der Waals surface area contributed by atoms with E-state index in [0.717, 1.165) is 11.3 Å². The van der Waals surface area contributed by atoms with Gasteiger partial charge in [-0.1, -0.05) is 65.9 Å². The standard InChI is InChI=1S/C46H62N8O11/c1-44(2,3)64-41(57)46(47,40(56)50-35-15-11-8-12-16-35)31-33-17-19-36(20-18-33)63-42(58)49-22-21-37(51-43(59)65-45(4,5)6)39(55)48-23-25-60-27-29-62-30-28-61-26-24-54-32-38(52-53-54)34-13-9-7-10-14-34/h7-20,32,37H,21-31,47H2,1-6H3,(H,48,55)(H,49,58)(H,50,56)(H,51,59)/t37-,46-/m0/s1. The van der Waals surface area contributed by atoms with Gasteiger partial charge in [-0.25, -0.2) is 19.1 Å². The van der Waals surface area contributed by atoms with Gasteiger partial charge in [0.2, 0.25) is 5.91 Å². The summed E-state index contributed by atoms with van der Waals surface area (Å²) in [6.45, 7) is 12.8. The first kappa shape index (κ1) is 51.2. The van der Waals surface area contributed by atoms with E-state index in [9.17, 15) is 24.0 Å². The number of nitrogens with one attached hydrogen (secondary N) is 4. The van der Waals surface area contributed by atoms with Gasteiger partial charge in [-0.15, -0.1) is 5.10 Å². The van der Waals surface area contributed by atoms with Crippen LogP contribution in [0.1, 0.15) is 53.5 Å². The summed E-state index contributed by atoms with van der Waals surface area (Å²) in [5.74, 6) is -2.03. The summed E-state index contributed by atoms with van der Waals surface area (Å²) in [4.78, 5) is 65.1. The van der Waals surface area contributed by atoms with E-state index in [-0.39, 0.29) is 44.9 Å². The van der Waals surface area contributed by atoms with Gasteiger partial charge in [-0.2, -0.15) is 0 Å². The van der Waals surface area contributed by atoms with Crippen molar-refractivity contribution < 1.29 is 52.4 Å². The van der Waals surface area contributed by atoms with Crippen LogP contribution in [0.5, 0.6) is 5.75 Å². The number of carbonyl (C=O) groups is 5. The molecule has 0 bridgehead atoms. The third-order valence-electron chi connectivity index (χ3n) is 8.89. The Labute approximate surface area is 379 Å². The largest absolute Gasteiger partial charge is 0.458 e. The average molecular weight is 903 g/mol. The fourth-order valence-electron chi connectivity index (χ4n) is 5.77. The van der Waals surface area contributed by atoms with Gasteiger partial charge in [0.15, 0.2) is 5.54 Å². The molecule has 1 aromatic heterocycles. The number of aromatic nitrogens is 3. The molecule has 352 valence electrons. The van der Waals surface area contributed by atoms with Crippen LogP contribution in [0, 0.1) is 0 Å². The third-order valence-corrected chi connectivity index (χ3v) is 8.89. The van der Waals surface area contributed by atoms with Gasteiger partial charge in [-0.3, -0.25) is 9.59 Å². The van der Waals surface area contributed by atoms with Crippen LogP contribution in [-0.4, -0.2) is 120 Å². The molecule has 65 heavy (non-hydrogen) atoms. The number of nitrogens with two attached hydrogens (primary N) is 1. The maximum absolute atomic E-state index is 13.4. The van der Waals surface area contributed by atoms with Crippen LogP contribution < -0.4 is 31.7 Å². The summed E-state index contributed by atoms with van der Waals surface area (Å²) in [7, 11) is 0. The molecule has 0 fully saturated rings. The zero-order valence-electron chi connectivity index (χ0n) is 37.9. The second kappa shape index (κ2) is 25.2. The van der Waals surface area contributed by atoms with Gasteiger partial charge >= 0.3 is 18.2 Å². The van der Waals surface area contributed by atoms with Crippen molar-refractivity contribution in [3.05, 3.63) is 96.7 Å². The van der Waals surface area contributed by atoms with Crippen LogP contribution in [0.15, 0.2) is 91.1 Å². The van der Waals surface area contributed by atoms with Crippen molar-refractivity contribution in [3.8, 4) is 17.0 Å². The van der Waals surface area contributed by atoms with E-state index >= 15 is 0 Å². The van der Waals surface area contributed by atoms with E-state index in [0.29, 0.717) is 44.2 Å². The maximum Gasteiger partial charge on any atom is 0.412 e. The highest BCUT2D eigenvalue weighted by Crippen LogP contribution is 2.22. The zero-order valence-corrected chi connectivity index (χ0v) is 37.9. The molecule has 4 amide bonds. The molecule has 4 rings (SSSR count). The van der Waals surface area contributed by atoms with Crippen molar-refractivity contribution >= 4 is 35.7 Å². The first-order valence-electron chi connectivity index (χ1n) is 21.3. The number of ether oxygens (including phenoxy) is 6. The van der Waals surface area contributed by atoms with E-state index in [1.54, 1.807) is 88.7 Å². The zero-order chi connectivity index (χ0) is 47.3. The second-order valence-electron chi connectivity index (χ2n) is 16.8. The molecule has 19 nitrogen and oxygen atoms in total. The van der Waals surface area contributed by atoms with Crippen LogP contribution in [0.4, 0.5) is 15.3 Å². The van der Waals surface area contributed by atoms with Crippen molar-refractivity contribution in [1.29, 1.82) is 0 Å². The Morgan fingerprint density at radius 1 is 0.692 bits per heavy atom. The number of rotatable bonds is 24. The summed E-state index contributed by atoms with van der Waals surface area (Å²) < 4.78 is 34.7. The number of esters is 1. The molecule has 0 aliphatic rings. The number of hydrogen-bond donors (Lipinski definition) is 5. The molecular formula is C46H62N8O11. The van der Waals surface area contributed by atoms with Crippen LogP contribution >= 0.6 is 0 Å². The predicted molar refractivity (Wildman–Crippen MR) is 241 cm³/mol. The highest BCUT2D eigenvalue weighted by Gasteiger charge is 2.45. The molecule has 3 aromatic carbocycles. The van der Waals surface area contributed by atoms with Crippen LogP contribution in [-0.2, 0) is 51.0 Å². The molecule has 1 heterocycles. The van der Waals surface area contributed by atoms with E-state index in [1.807, 2.05) is 36.5 Å². The normalized spacial score (nSPS) is 12.8. The Morgan fingerprint density at radius 2 is 1.29 bits per heavy atom. The Balaban J connectivity index is 1.16. The van der Waals surface area contributed by atoms with Crippen molar-refractivity contribution in [2.45, 2.75) is 83.7 Å². The summed E-state index contributed by atoms with van der Waals surface area (Å²) in [6.07, 6.45) is 0.0148. The Hall–Kier alpha value is -6.41. The van der Waals surface area contributed by atoms with E-state index in [1.165, 1.54) is 12.1 Å². The summed E-state index contributed by atoms with van der Waals surface area (Å²) in [5.41, 5.74) is 5.41. The number of hydrogen-bond acceptors (Lipinski definition) is 14. The number of benzene rings is 3. The highest BCUT2D eigenvalue weighted by molar-refractivity contribution is 6.13. The SMILES string of the molecule is CC(C)(C)OC(=O)N[C@@H](CCNC(=O)Oc1ccc(C[C@](N)(C(=O)Nc2ccccc2)C(=O)OC(C)(C)C)cc1)C(=O)NCCOCCOCCOCCn1cc(-c2ccccc2)nn1. The number of para-hydroxylation sites is 1. The fourth-order valence-corrected chi connectivity index (χ4v) is 5.77. The minimum absolute atomic E-state index is 0.00225. The lowest BCUT2D eigenvalue weighted by molar-refractivity contribution is -0.163. The van der Waals surface area contributed by atoms with Crippen LogP contribution in [0.2, 0.25) is 0 Å². The van der Waals surface area contributed by atoms with Crippen molar-refractivity contribution in [1.82, 2.24) is 30.9 Å². The lowest BCUT2D eigenvalue weighted by Gasteiger charge is -2.30. The monoisotopic (exact) mass is 902 g/mol. The summed E-state index contributed by atoms with van der Waals surface area (Å²) in [6, 6.07) is 23.4. The first-order chi connectivity index (χ1) is 30.9. The molecule has 0 unspecified atom stereocenters. The Bertz CT molecular complexity index is 2110. The Morgan fingerprint density at radius 3 is 1.92 bits per heavy atom. The van der Waals surface area contributed by atoms with Crippen molar-refractivity contribution in [3.63, 3.8) is 0 Å². The number of nitrogens with zero attached hydrogens (tertiary/aromatic N) is 3. The minimum Gasteiger partial charge on any atom is -0.458 e. The molecule has 0 aliphatic heterocycles. The van der Waals surface area contributed by atoms with Gasteiger partial charge in [-0.05, 0) is 77.8 Å². The average Bonchev–Trinajstić information content (AvgIpc) is 3.72. The third kappa shape index (κ3) is 19.1. The molecular weight excluding hydrogens is 841 g/mol. The van der Waals surface area contributed by atoms with E-state index in [2.05, 4.69) is 31.6 Å². The molecule has 0 radical (unpaired) electrons. The molecule has 0 spiro atoms. The minimum atomic E-state index is -2.09. The fraction of sp³-hybridized carbons (Fsp3) is 0.457. The molecule has 6 N–H and O–H groups in total. The predicted octanol–water partition coefficient (Wildman–Crippen LogP) is 4.40. The second-order valence-corrected chi connectivity index (χ2v) is 16.8. The Kier molecular flexibility index (Phi) is 19.8. The number of anilines is 1. The number of amides is 4. The molecule has 0 saturated heterocycles. The quantitative estimate of drug-likeness (QED) is 0.0372. The molecule has 0 aliphatic carbocycles. The number of alkyl carbamates (subject to hydrolysis) is 1. The molecule has 0 saturated carbocycles. The van der Waals surface area contributed by atoms with Crippen LogP contribution in [0.25, 0.3) is 11.3 Å². The van der Waals surface area contributed by atoms with E-state index in [4.69, 9.17) is 34.2 Å².